The Labute approximate surface area is 184 Å². The number of pyridine rings is 1. The second kappa shape index (κ2) is 10.2. The fourth-order valence-corrected chi connectivity index (χ4v) is 3.73. The van der Waals surface area contributed by atoms with E-state index >= 15 is 0 Å². The summed E-state index contributed by atoms with van der Waals surface area (Å²) in [5.74, 6) is 0.165. The van der Waals surface area contributed by atoms with Crippen LogP contribution >= 0.6 is 0 Å². The lowest BCUT2D eigenvalue weighted by Gasteiger charge is -2.33. The molecule has 174 valence electrons. The molecular formula is C22H27F4N5O. The van der Waals surface area contributed by atoms with Crippen LogP contribution in [0.4, 0.5) is 28.2 Å². The quantitative estimate of drug-likeness (QED) is 0.653. The van der Waals surface area contributed by atoms with Crippen LogP contribution in [0.1, 0.15) is 30.0 Å². The van der Waals surface area contributed by atoms with E-state index in [4.69, 9.17) is 0 Å². The molecule has 0 saturated carbocycles. The second-order valence-corrected chi connectivity index (χ2v) is 8.05. The fourth-order valence-electron chi connectivity index (χ4n) is 3.73. The molecule has 1 aromatic heterocycles. The molecule has 2 heterocycles. The molecule has 1 saturated heterocycles. The van der Waals surface area contributed by atoms with Gasteiger partial charge < -0.3 is 20.4 Å². The molecule has 10 heteroatoms. The summed E-state index contributed by atoms with van der Waals surface area (Å²) in [6, 6.07) is 8.16. The number of benzene rings is 1. The Morgan fingerprint density at radius 3 is 2.50 bits per heavy atom. The molecule has 2 amide bonds. The number of halogens is 4. The van der Waals surface area contributed by atoms with Crippen molar-refractivity contribution in [2.45, 2.75) is 31.1 Å². The zero-order valence-corrected chi connectivity index (χ0v) is 18.0. The van der Waals surface area contributed by atoms with Crippen LogP contribution in [-0.4, -0.2) is 55.7 Å². The number of hydrogen-bond acceptors (Lipinski definition) is 4. The Balaban J connectivity index is 1.47. The Bertz CT molecular complexity index is 896. The third-order valence-corrected chi connectivity index (χ3v) is 5.54. The molecule has 1 unspecified atom stereocenters. The average Bonchev–Trinajstić information content (AvgIpc) is 2.74. The summed E-state index contributed by atoms with van der Waals surface area (Å²) in [7, 11) is 3.72. The number of alkyl halides is 3. The molecule has 32 heavy (non-hydrogen) atoms. The number of carbonyl (C=O) groups excluding carboxylic acids is 1. The molecule has 0 bridgehead atoms. The minimum Gasteiger partial charge on any atom is -0.356 e. The van der Waals surface area contributed by atoms with Crippen LogP contribution in [0.3, 0.4) is 0 Å². The van der Waals surface area contributed by atoms with E-state index < -0.39 is 11.7 Å². The normalized spacial score (nSPS) is 16.2. The van der Waals surface area contributed by atoms with Crippen LogP contribution in [0.15, 0.2) is 42.6 Å². The number of piperidine rings is 1. The van der Waals surface area contributed by atoms with Crippen LogP contribution in [-0.2, 0) is 6.18 Å². The first-order valence-corrected chi connectivity index (χ1v) is 10.4. The van der Waals surface area contributed by atoms with Gasteiger partial charge in [0.05, 0.1) is 11.6 Å². The van der Waals surface area contributed by atoms with Gasteiger partial charge in [-0.15, -0.1) is 0 Å². The minimum absolute atomic E-state index is 0.0484. The third kappa shape index (κ3) is 6.32. The molecular weight excluding hydrogens is 426 g/mol. The van der Waals surface area contributed by atoms with E-state index in [-0.39, 0.29) is 23.9 Å². The molecule has 0 aliphatic carbocycles. The van der Waals surface area contributed by atoms with Crippen LogP contribution in [0.25, 0.3) is 0 Å². The van der Waals surface area contributed by atoms with E-state index in [1.807, 2.05) is 30.0 Å². The summed E-state index contributed by atoms with van der Waals surface area (Å²) in [6.07, 6.45) is -2.27. The lowest BCUT2D eigenvalue weighted by molar-refractivity contribution is -0.137. The topological polar surface area (TPSA) is 60.5 Å². The van der Waals surface area contributed by atoms with Crippen molar-refractivity contribution in [2.75, 3.05) is 38.6 Å². The molecule has 1 aliphatic rings. The number of rotatable bonds is 6. The maximum absolute atomic E-state index is 13.5. The van der Waals surface area contributed by atoms with Crippen molar-refractivity contribution in [3.8, 4) is 0 Å². The molecule has 1 fully saturated rings. The zero-order chi connectivity index (χ0) is 23.3. The van der Waals surface area contributed by atoms with Gasteiger partial charge in [-0.3, -0.25) is 0 Å². The van der Waals surface area contributed by atoms with E-state index in [0.29, 0.717) is 38.3 Å². The van der Waals surface area contributed by atoms with Crippen LogP contribution < -0.4 is 15.5 Å². The first-order valence-electron chi connectivity index (χ1n) is 10.4. The van der Waals surface area contributed by atoms with E-state index in [9.17, 15) is 22.4 Å². The highest BCUT2D eigenvalue weighted by atomic mass is 19.4. The Hall–Kier alpha value is -2.88. The molecule has 1 aromatic carbocycles. The summed E-state index contributed by atoms with van der Waals surface area (Å²) in [5, 5.41) is 5.78. The van der Waals surface area contributed by atoms with E-state index in [1.54, 1.807) is 6.07 Å². The minimum atomic E-state index is -4.41. The van der Waals surface area contributed by atoms with Gasteiger partial charge in [0.25, 0.3) is 0 Å². The monoisotopic (exact) mass is 453 g/mol. The van der Waals surface area contributed by atoms with Gasteiger partial charge in [-0.2, -0.15) is 13.2 Å². The van der Waals surface area contributed by atoms with Gasteiger partial charge in [-0.05, 0) is 56.8 Å². The summed E-state index contributed by atoms with van der Waals surface area (Å²) >= 11 is 0. The number of nitrogens with zero attached hydrogens (tertiary/aromatic N) is 3. The number of likely N-dealkylation sites (N-methyl/N-ethyl adjacent to an activating group) is 1. The van der Waals surface area contributed by atoms with E-state index in [0.717, 1.165) is 17.8 Å². The molecule has 3 rings (SSSR count). The summed E-state index contributed by atoms with van der Waals surface area (Å²) in [5.41, 5.74) is -0.00334. The van der Waals surface area contributed by atoms with Gasteiger partial charge in [-0.25, -0.2) is 14.2 Å². The number of carbonyl (C=O) groups is 1. The standard InChI is InChI=1S/C22H27F4N5O/c1-30(2)19(15-4-3-5-17(23)12-15)14-28-21(32)29-18-8-10-31(11-9-18)20-7-6-16(13-27-20)22(24,25)26/h3-7,12-13,18-19H,8-11,14H2,1-2H3,(H2,28,29,32). The summed E-state index contributed by atoms with van der Waals surface area (Å²) < 4.78 is 51.6. The predicted octanol–water partition coefficient (Wildman–Crippen LogP) is 3.81. The van der Waals surface area contributed by atoms with Crippen molar-refractivity contribution in [3.63, 3.8) is 0 Å². The first-order chi connectivity index (χ1) is 15.1. The maximum Gasteiger partial charge on any atom is 0.417 e. The van der Waals surface area contributed by atoms with Crippen molar-refractivity contribution in [1.82, 2.24) is 20.5 Å². The van der Waals surface area contributed by atoms with E-state index in [1.165, 1.54) is 18.2 Å². The van der Waals surface area contributed by atoms with Crippen LogP contribution in [0.5, 0.6) is 0 Å². The number of anilines is 1. The van der Waals surface area contributed by atoms with Crippen molar-refractivity contribution in [3.05, 3.63) is 59.5 Å². The Morgan fingerprint density at radius 2 is 1.94 bits per heavy atom. The largest absolute Gasteiger partial charge is 0.417 e. The molecule has 0 spiro atoms. The van der Waals surface area contributed by atoms with Gasteiger partial charge in [0.1, 0.15) is 11.6 Å². The van der Waals surface area contributed by atoms with Gasteiger partial charge in [0.2, 0.25) is 0 Å². The van der Waals surface area contributed by atoms with E-state index in [2.05, 4.69) is 15.6 Å². The molecule has 1 aliphatic heterocycles. The average molecular weight is 453 g/mol. The van der Waals surface area contributed by atoms with Gasteiger partial charge in [0, 0.05) is 31.9 Å². The van der Waals surface area contributed by atoms with Crippen molar-refractivity contribution < 1.29 is 22.4 Å². The maximum atomic E-state index is 13.5. The van der Waals surface area contributed by atoms with Crippen molar-refractivity contribution in [2.24, 2.45) is 0 Å². The zero-order valence-electron chi connectivity index (χ0n) is 18.0. The van der Waals surface area contributed by atoms with Crippen molar-refractivity contribution >= 4 is 11.8 Å². The molecule has 0 radical (unpaired) electrons. The number of amides is 2. The number of nitrogens with one attached hydrogen (secondary N) is 2. The Morgan fingerprint density at radius 1 is 1.22 bits per heavy atom. The molecule has 2 aromatic rings. The molecule has 2 N–H and O–H groups in total. The third-order valence-electron chi connectivity index (χ3n) is 5.54. The lowest BCUT2D eigenvalue weighted by Crippen LogP contribution is -2.49. The molecule has 6 nitrogen and oxygen atoms in total. The molecule has 1 atom stereocenters. The number of hydrogen-bond donors (Lipinski definition) is 2. The number of aromatic nitrogens is 1. The van der Waals surface area contributed by atoms with Crippen LogP contribution in [0.2, 0.25) is 0 Å². The second-order valence-electron chi connectivity index (χ2n) is 8.05. The SMILES string of the molecule is CN(C)C(CNC(=O)NC1CCN(c2ccc(C(F)(F)F)cn2)CC1)c1cccc(F)c1. The highest BCUT2D eigenvalue weighted by Crippen LogP contribution is 2.29. The van der Waals surface area contributed by atoms with Crippen molar-refractivity contribution in [1.29, 1.82) is 0 Å². The van der Waals surface area contributed by atoms with Gasteiger partial charge >= 0.3 is 12.2 Å². The first kappa shape index (κ1) is 23.8. The van der Waals surface area contributed by atoms with Gasteiger partial charge in [0.15, 0.2) is 0 Å². The highest BCUT2D eigenvalue weighted by Gasteiger charge is 2.31. The lowest BCUT2D eigenvalue weighted by atomic mass is 10.0. The Kier molecular flexibility index (Phi) is 7.55. The summed E-state index contributed by atoms with van der Waals surface area (Å²) in [4.78, 5) is 20.1. The highest BCUT2D eigenvalue weighted by molar-refractivity contribution is 5.74. The number of urea groups is 1. The summed E-state index contributed by atoms with van der Waals surface area (Å²) in [6.45, 7) is 1.47. The van der Waals surface area contributed by atoms with Crippen LogP contribution in [0, 0.1) is 5.82 Å². The van der Waals surface area contributed by atoms with Gasteiger partial charge in [-0.1, -0.05) is 12.1 Å². The fraction of sp³-hybridized carbons (Fsp3) is 0.455. The predicted molar refractivity (Wildman–Crippen MR) is 114 cm³/mol. The smallest absolute Gasteiger partial charge is 0.356 e.